The van der Waals surface area contributed by atoms with Crippen molar-refractivity contribution < 1.29 is 22.7 Å². The first-order valence-electron chi connectivity index (χ1n) is 8.08. The Morgan fingerprint density at radius 2 is 2.04 bits per heavy atom. The van der Waals surface area contributed by atoms with E-state index < -0.39 is 12.7 Å². The van der Waals surface area contributed by atoms with E-state index in [-0.39, 0.29) is 24.5 Å². The standard InChI is InChI=1S/C16H24F3N3O2/c1-10(2)7-14(23)21-5-6-24-8-13(21)15-11(3)20-22(12(15)4)9-16(17,18)19/h10,13H,5-9H2,1-4H3/t13-/m1/s1. The van der Waals surface area contributed by atoms with Crippen LogP contribution >= 0.6 is 0 Å². The molecular formula is C16H24F3N3O2. The smallest absolute Gasteiger partial charge is 0.377 e. The van der Waals surface area contributed by atoms with Crippen LogP contribution in [0.1, 0.15) is 43.3 Å². The Morgan fingerprint density at radius 3 is 2.62 bits per heavy atom. The number of ether oxygens (including phenoxy) is 1. The van der Waals surface area contributed by atoms with Crippen molar-refractivity contribution >= 4 is 5.91 Å². The van der Waals surface area contributed by atoms with Gasteiger partial charge >= 0.3 is 6.18 Å². The van der Waals surface area contributed by atoms with Gasteiger partial charge in [0, 0.05) is 24.2 Å². The number of aromatic nitrogens is 2. The van der Waals surface area contributed by atoms with E-state index in [1.54, 1.807) is 18.7 Å². The van der Waals surface area contributed by atoms with Gasteiger partial charge in [0.05, 0.1) is 24.9 Å². The number of morpholine rings is 1. The van der Waals surface area contributed by atoms with Crippen molar-refractivity contribution in [3.05, 3.63) is 17.0 Å². The van der Waals surface area contributed by atoms with Crippen LogP contribution in [0.25, 0.3) is 0 Å². The molecule has 1 aromatic heterocycles. The number of hydrogen-bond donors (Lipinski definition) is 0. The Kier molecular flexibility index (Phi) is 5.57. The summed E-state index contributed by atoms with van der Waals surface area (Å²) in [5.41, 5.74) is 1.60. The second-order valence-electron chi connectivity index (χ2n) is 6.63. The normalized spacial score (nSPS) is 19.2. The number of hydrogen-bond acceptors (Lipinski definition) is 3. The molecule has 2 rings (SSSR count). The van der Waals surface area contributed by atoms with Gasteiger partial charge in [-0.15, -0.1) is 0 Å². The number of carbonyl (C=O) groups excluding carboxylic acids is 1. The van der Waals surface area contributed by atoms with Crippen LogP contribution in [0.3, 0.4) is 0 Å². The number of alkyl halides is 3. The van der Waals surface area contributed by atoms with E-state index in [2.05, 4.69) is 5.10 Å². The van der Waals surface area contributed by atoms with Crippen LogP contribution in [-0.2, 0) is 16.1 Å². The zero-order valence-corrected chi connectivity index (χ0v) is 14.5. The molecule has 0 aromatic carbocycles. The van der Waals surface area contributed by atoms with E-state index in [4.69, 9.17) is 4.74 Å². The van der Waals surface area contributed by atoms with Crippen molar-refractivity contribution in [3.8, 4) is 0 Å². The third-order valence-corrected chi connectivity index (χ3v) is 4.13. The summed E-state index contributed by atoms with van der Waals surface area (Å²) < 4.78 is 44.6. The maximum atomic E-state index is 12.7. The Morgan fingerprint density at radius 1 is 1.38 bits per heavy atom. The third-order valence-electron chi connectivity index (χ3n) is 4.13. The second-order valence-corrected chi connectivity index (χ2v) is 6.63. The summed E-state index contributed by atoms with van der Waals surface area (Å²) in [4.78, 5) is 14.2. The van der Waals surface area contributed by atoms with Gasteiger partial charge in [-0.2, -0.15) is 18.3 Å². The molecule has 1 fully saturated rings. The maximum absolute atomic E-state index is 12.7. The molecule has 0 unspecified atom stereocenters. The minimum atomic E-state index is -4.34. The molecule has 0 spiro atoms. The molecule has 1 aliphatic heterocycles. The lowest BCUT2D eigenvalue weighted by molar-refractivity contribution is -0.143. The Labute approximate surface area is 139 Å². The SMILES string of the molecule is Cc1nn(CC(F)(F)F)c(C)c1[C@H]1COCCN1C(=O)CC(C)C. The van der Waals surface area contributed by atoms with Crippen molar-refractivity contribution in [2.45, 2.75) is 52.9 Å². The molecule has 0 N–H and O–H groups in total. The van der Waals surface area contributed by atoms with E-state index in [9.17, 15) is 18.0 Å². The van der Waals surface area contributed by atoms with Crippen LogP contribution in [0.4, 0.5) is 13.2 Å². The minimum absolute atomic E-state index is 0.000622. The molecule has 5 nitrogen and oxygen atoms in total. The zero-order valence-electron chi connectivity index (χ0n) is 14.5. The largest absolute Gasteiger partial charge is 0.408 e. The van der Waals surface area contributed by atoms with Crippen molar-refractivity contribution in [2.75, 3.05) is 19.8 Å². The first kappa shape index (κ1) is 18.8. The van der Waals surface area contributed by atoms with Gasteiger partial charge in [0.15, 0.2) is 0 Å². The van der Waals surface area contributed by atoms with Crippen LogP contribution in [0.15, 0.2) is 0 Å². The summed E-state index contributed by atoms with van der Waals surface area (Å²) in [5.74, 6) is 0.219. The Bertz CT molecular complexity index is 596. The third kappa shape index (κ3) is 4.28. The van der Waals surface area contributed by atoms with Gasteiger partial charge in [-0.3, -0.25) is 9.48 Å². The van der Waals surface area contributed by atoms with Crippen LogP contribution in [0.2, 0.25) is 0 Å². The summed E-state index contributed by atoms with van der Waals surface area (Å²) in [7, 11) is 0. The fourth-order valence-electron chi connectivity index (χ4n) is 3.12. The Balaban J connectivity index is 2.32. The lowest BCUT2D eigenvalue weighted by atomic mass is 10.0. The van der Waals surface area contributed by atoms with E-state index >= 15 is 0 Å². The summed E-state index contributed by atoms with van der Waals surface area (Å²) in [5, 5.41) is 4.03. The van der Waals surface area contributed by atoms with Crippen LogP contribution in [-0.4, -0.2) is 46.5 Å². The molecule has 8 heteroatoms. The number of aryl methyl sites for hydroxylation is 1. The van der Waals surface area contributed by atoms with E-state index in [1.807, 2.05) is 13.8 Å². The van der Waals surface area contributed by atoms with E-state index in [0.29, 0.717) is 36.5 Å². The predicted molar refractivity (Wildman–Crippen MR) is 82.5 cm³/mol. The van der Waals surface area contributed by atoms with Crippen LogP contribution in [0.5, 0.6) is 0 Å². The number of nitrogens with zero attached hydrogens (tertiary/aromatic N) is 3. The minimum Gasteiger partial charge on any atom is -0.377 e. The molecule has 0 saturated carbocycles. The van der Waals surface area contributed by atoms with E-state index in [0.717, 1.165) is 4.68 Å². The van der Waals surface area contributed by atoms with Crippen LogP contribution < -0.4 is 0 Å². The molecular weight excluding hydrogens is 323 g/mol. The molecule has 2 heterocycles. The van der Waals surface area contributed by atoms with Crippen molar-refractivity contribution in [1.29, 1.82) is 0 Å². The first-order chi connectivity index (χ1) is 11.1. The molecule has 24 heavy (non-hydrogen) atoms. The summed E-state index contributed by atoms with van der Waals surface area (Å²) in [6.07, 6.45) is -3.93. The fraction of sp³-hybridized carbons (Fsp3) is 0.750. The molecule has 1 amide bonds. The van der Waals surface area contributed by atoms with Gasteiger partial charge in [-0.05, 0) is 19.8 Å². The fourth-order valence-corrected chi connectivity index (χ4v) is 3.12. The molecule has 1 aromatic rings. The highest BCUT2D eigenvalue weighted by atomic mass is 19.4. The van der Waals surface area contributed by atoms with E-state index in [1.165, 1.54) is 0 Å². The highest BCUT2D eigenvalue weighted by Gasteiger charge is 2.35. The van der Waals surface area contributed by atoms with Crippen LogP contribution in [0, 0.1) is 19.8 Å². The summed E-state index contributed by atoms with van der Waals surface area (Å²) in [6.45, 7) is 7.25. The van der Waals surface area contributed by atoms with Gasteiger partial charge in [0.2, 0.25) is 5.91 Å². The maximum Gasteiger partial charge on any atom is 0.408 e. The lowest BCUT2D eigenvalue weighted by Gasteiger charge is -2.36. The predicted octanol–water partition coefficient (Wildman–Crippen LogP) is 3.01. The van der Waals surface area contributed by atoms with Gasteiger partial charge < -0.3 is 9.64 Å². The highest BCUT2D eigenvalue weighted by molar-refractivity contribution is 5.77. The number of carbonyl (C=O) groups is 1. The zero-order chi connectivity index (χ0) is 18.1. The number of rotatable bonds is 4. The summed E-state index contributed by atoms with van der Waals surface area (Å²) in [6, 6.07) is -0.382. The molecule has 1 saturated heterocycles. The van der Waals surface area contributed by atoms with Gasteiger partial charge in [0.1, 0.15) is 6.54 Å². The van der Waals surface area contributed by atoms with Crippen molar-refractivity contribution in [3.63, 3.8) is 0 Å². The number of halogens is 3. The molecule has 1 atom stereocenters. The molecule has 0 bridgehead atoms. The van der Waals surface area contributed by atoms with Crippen molar-refractivity contribution in [1.82, 2.24) is 14.7 Å². The average Bonchev–Trinajstić information content (AvgIpc) is 2.70. The number of amides is 1. The lowest BCUT2D eigenvalue weighted by Crippen LogP contribution is -2.44. The Hall–Kier alpha value is -1.57. The quantitative estimate of drug-likeness (QED) is 0.841. The van der Waals surface area contributed by atoms with Gasteiger partial charge in [-0.25, -0.2) is 0 Å². The topological polar surface area (TPSA) is 47.4 Å². The summed E-state index contributed by atoms with van der Waals surface area (Å²) >= 11 is 0. The second kappa shape index (κ2) is 7.13. The molecule has 0 radical (unpaired) electrons. The highest BCUT2D eigenvalue weighted by Crippen LogP contribution is 2.31. The van der Waals surface area contributed by atoms with Gasteiger partial charge in [0.25, 0.3) is 0 Å². The first-order valence-corrected chi connectivity index (χ1v) is 8.08. The monoisotopic (exact) mass is 347 g/mol. The molecule has 136 valence electrons. The molecule has 1 aliphatic rings. The van der Waals surface area contributed by atoms with Crippen molar-refractivity contribution in [2.24, 2.45) is 5.92 Å². The van der Waals surface area contributed by atoms with Gasteiger partial charge in [-0.1, -0.05) is 13.8 Å². The average molecular weight is 347 g/mol. The molecule has 0 aliphatic carbocycles.